The van der Waals surface area contributed by atoms with Crippen molar-refractivity contribution in [1.29, 1.82) is 0 Å². The SMILES string of the molecule is ON(Cc1ccccc1)C(c1ccccc1)C1CCCC1. The molecular weight excluding hydrogens is 258 g/mol. The van der Waals surface area contributed by atoms with Gasteiger partial charge in [-0.25, -0.2) is 0 Å². The van der Waals surface area contributed by atoms with Crippen LogP contribution in [0.15, 0.2) is 60.7 Å². The highest BCUT2D eigenvalue weighted by Crippen LogP contribution is 2.39. The van der Waals surface area contributed by atoms with Gasteiger partial charge in [-0.15, -0.1) is 0 Å². The minimum absolute atomic E-state index is 0.105. The molecule has 2 heteroatoms. The highest BCUT2D eigenvalue weighted by Gasteiger charge is 2.30. The van der Waals surface area contributed by atoms with Gasteiger partial charge in [0, 0.05) is 6.54 Å². The Bertz CT molecular complexity index is 534. The van der Waals surface area contributed by atoms with Crippen LogP contribution in [-0.2, 0) is 6.54 Å². The Hall–Kier alpha value is -1.64. The molecule has 0 bridgehead atoms. The molecule has 2 aromatic rings. The largest absolute Gasteiger partial charge is 0.313 e. The molecule has 0 aliphatic heterocycles. The van der Waals surface area contributed by atoms with E-state index in [1.165, 1.54) is 31.2 Å². The molecule has 0 amide bonds. The van der Waals surface area contributed by atoms with E-state index in [1.807, 2.05) is 24.3 Å². The van der Waals surface area contributed by atoms with Crippen molar-refractivity contribution in [3.05, 3.63) is 71.8 Å². The summed E-state index contributed by atoms with van der Waals surface area (Å²) >= 11 is 0. The van der Waals surface area contributed by atoms with Crippen LogP contribution in [0, 0.1) is 5.92 Å². The second-order valence-corrected chi connectivity index (χ2v) is 5.98. The van der Waals surface area contributed by atoms with E-state index in [0.29, 0.717) is 12.5 Å². The Morgan fingerprint density at radius 3 is 2.10 bits per heavy atom. The molecule has 1 aliphatic carbocycles. The summed E-state index contributed by atoms with van der Waals surface area (Å²) in [4.78, 5) is 0. The minimum atomic E-state index is 0.105. The first-order chi connectivity index (χ1) is 10.3. The maximum absolute atomic E-state index is 10.7. The fraction of sp³-hybridized carbons (Fsp3) is 0.368. The Morgan fingerprint density at radius 1 is 0.905 bits per heavy atom. The van der Waals surface area contributed by atoms with Crippen LogP contribution >= 0.6 is 0 Å². The number of rotatable bonds is 5. The number of hydrogen-bond acceptors (Lipinski definition) is 2. The standard InChI is InChI=1S/C19H23NO/c21-20(15-16-9-3-1-4-10-16)19(18-13-7-8-14-18)17-11-5-2-6-12-17/h1-6,9-12,18-19,21H,7-8,13-15H2. The van der Waals surface area contributed by atoms with Crippen LogP contribution in [0.5, 0.6) is 0 Å². The zero-order valence-corrected chi connectivity index (χ0v) is 12.4. The van der Waals surface area contributed by atoms with E-state index in [4.69, 9.17) is 0 Å². The molecule has 0 saturated heterocycles. The van der Waals surface area contributed by atoms with Crippen molar-refractivity contribution in [2.24, 2.45) is 5.92 Å². The van der Waals surface area contributed by atoms with Crippen molar-refractivity contribution in [1.82, 2.24) is 5.06 Å². The quantitative estimate of drug-likeness (QED) is 0.795. The van der Waals surface area contributed by atoms with Gasteiger partial charge in [-0.2, -0.15) is 5.06 Å². The number of hydroxylamine groups is 2. The fourth-order valence-corrected chi connectivity index (χ4v) is 3.48. The van der Waals surface area contributed by atoms with Crippen LogP contribution in [0.2, 0.25) is 0 Å². The lowest BCUT2D eigenvalue weighted by molar-refractivity contribution is -0.152. The van der Waals surface area contributed by atoms with Gasteiger partial charge < -0.3 is 5.21 Å². The van der Waals surface area contributed by atoms with E-state index >= 15 is 0 Å². The summed E-state index contributed by atoms with van der Waals surface area (Å²) in [5.41, 5.74) is 2.38. The summed E-state index contributed by atoms with van der Waals surface area (Å²) in [7, 11) is 0. The van der Waals surface area contributed by atoms with Crippen molar-refractivity contribution in [2.45, 2.75) is 38.3 Å². The predicted molar refractivity (Wildman–Crippen MR) is 84.9 cm³/mol. The van der Waals surface area contributed by atoms with E-state index < -0.39 is 0 Å². The van der Waals surface area contributed by atoms with Crippen LogP contribution in [0.3, 0.4) is 0 Å². The lowest BCUT2D eigenvalue weighted by Gasteiger charge is -2.31. The highest BCUT2D eigenvalue weighted by atomic mass is 16.5. The third-order valence-electron chi connectivity index (χ3n) is 4.50. The summed E-state index contributed by atoms with van der Waals surface area (Å²) in [5, 5.41) is 12.3. The van der Waals surface area contributed by atoms with E-state index in [-0.39, 0.29) is 6.04 Å². The maximum Gasteiger partial charge on any atom is 0.0631 e. The van der Waals surface area contributed by atoms with Gasteiger partial charge in [-0.1, -0.05) is 73.5 Å². The second kappa shape index (κ2) is 6.88. The molecule has 1 saturated carbocycles. The molecule has 110 valence electrons. The van der Waals surface area contributed by atoms with Crippen LogP contribution in [0.1, 0.15) is 42.9 Å². The van der Waals surface area contributed by atoms with Crippen molar-refractivity contribution in [3.8, 4) is 0 Å². The highest BCUT2D eigenvalue weighted by molar-refractivity contribution is 5.21. The molecule has 2 nitrogen and oxygen atoms in total. The average Bonchev–Trinajstić information content (AvgIpc) is 3.03. The van der Waals surface area contributed by atoms with E-state index in [2.05, 4.69) is 36.4 Å². The fourth-order valence-electron chi connectivity index (χ4n) is 3.48. The van der Waals surface area contributed by atoms with Crippen LogP contribution in [0.4, 0.5) is 0 Å². The average molecular weight is 281 g/mol. The topological polar surface area (TPSA) is 23.5 Å². The lowest BCUT2D eigenvalue weighted by atomic mass is 9.91. The lowest BCUT2D eigenvalue weighted by Crippen LogP contribution is -2.29. The monoisotopic (exact) mass is 281 g/mol. The molecule has 2 aromatic carbocycles. The predicted octanol–water partition coefficient (Wildman–Crippen LogP) is 4.81. The van der Waals surface area contributed by atoms with Crippen LogP contribution in [0.25, 0.3) is 0 Å². The van der Waals surface area contributed by atoms with Crippen molar-refractivity contribution < 1.29 is 5.21 Å². The van der Waals surface area contributed by atoms with Gasteiger partial charge in [0.05, 0.1) is 6.04 Å². The molecular formula is C19H23NO. The van der Waals surface area contributed by atoms with E-state index in [0.717, 1.165) is 5.56 Å². The number of benzene rings is 2. The zero-order chi connectivity index (χ0) is 14.5. The molecule has 1 N–H and O–H groups in total. The molecule has 0 radical (unpaired) electrons. The molecule has 1 fully saturated rings. The minimum Gasteiger partial charge on any atom is -0.313 e. The van der Waals surface area contributed by atoms with Gasteiger partial charge in [0.25, 0.3) is 0 Å². The van der Waals surface area contributed by atoms with Crippen molar-refractivity contribution in [2.75, 3.05) is 0 Å². The summed E-state index contributed by atoms with van der Waals surface area (Å²) in [6.07, 6.45) is 5.00. The van der Waals surface area contributed by atoms with Crippen molar-refractivity contribution in [3.63, 3.8) is 0 Å². The Labute approximate surface area is 127 Å². The third kappa shape index (κ3) is 3.52. The van der Waals surface area contributed by atoms with Gasteiger partial charge in [0.15, 0.2) is 0 Å². The third-order valence-corrected chi connectivity index (χ3v) is 4.50. The number of nitrogens with zero attached hydrogens (tertiary/aromatic N) is 1. The summed E-state index contributed by atoms with van der Waals surface area (Å²) < 4.78 is 0. The molecule has 21 heavy (non-hydrogen) atoms. The Morgan fingerprint density at radius 2 is 1.48 bits per heavy atom. The van der Waals surface area contributed by atoms with Gasteiger partial charge in [-0.3, -0.25) is 0 Å². The van der Waals surface area contributed by atoms with Crippen molar-refractivity contribution >= 4 is 0 Å². The Balaban J connectivity index is 1.81. The van der Waals surface area contributed by atoms with Gasteiger partial charge in [-0.05, 0) is 29.9 Å². The summed E-state index contributed by atoms with van der Waals surface area (Å²) in [5.74, 6) is 0.557. The summed E-state index contributed by atoms with van der Waals surface area (Å²) in [6, 6.07) is 20.7. The molecule has 0 heterocycles. The molecule has 0 aromatic heterocycles. The Kier molecular flexibility index (Phi) is 4.69. The zero-order valence-electron chi connectivity index (χ0n) is 12.4. The molecule has 0 spiro atoms. The maximum atomic E-state index is 10.7. The number of hydrogen-bond donors (Lipinski definition) is 1. The normalized spacial score (nSPS) is 17.2. The van der Waals surface area contributed by atoms with Gasteiger partial charge in [0.1, 0.15) is 0 Å². The second-order valence-electron chi connectivity index (χ2n) is 5.98. The first-order valence-electron chi connectivity index (χ1n) is 7.89. The van der Waals surface area contributed by atoms with Gasteiger partial charge >= 0.3 is 0 Å². The van der Waals surface area contributed by atoms with E-state index in [1.54, 1.807) is 5.06 Å². The molecule has 1 unspecified atom stereocenters. The first-order valence-corrected chi connectivity index (χ1v) is 7.89. The van der Waals surface area contributed by atoms with Gasteiger partial charge in [0.2, 0.25) is 0 Å². The van der Waals surface area contributed by atoms with Crippen LogP contribution in [-0.4, -0.2) is 10.3 Å². The first kappa shape index (κ1) is 14.3. The van der Waals surface area contributed by atoms with Crippen LogP contribution < -0.4 is 0 Å². The summed E-state index contributed by atoms with van der Waals surface area (Å²) in [6.45, 7) is 0.580. The molecule has 1 atom stereocenters. The molecule has 1 aliphatic rings. The molecule has 3 rings (SSSR count). The smallest absolute Gasteiger partial charge is 0.0631 e. The van der Waals surface area contributed by atoms with E-state index in [9.17, 15) is 5.21 Å².